The highest BCUT2D eigenvalue weighted by molar-refractivity contribution is 5.94. The summed E-state index contributed by atoms with van der Waals surface area (Å²) in [5.74, 6) is -4.12. The van der Waals surface area contributed by atoms with Crippen molar-refractivity contribution in [1.82, 2.24) is 16.0 Å². The van der Waals surface area contributed by atoms with Gasteiger partial charge in [-0.3, -0.25) is 24.2 Å². The zero-order valence-electron chi connectivity index (χ0n) is 23.0. The fourth-order valence-corrected chi connectivity index (χ4v) is 3.78. The summed E-state index contributed by atoms with van der Waals surface area (Å²) >= 11 is 0. The first-order valence-electron chi connectivity index (χ1n) is 13.1. The van der Waals surface area contributed by atoms with E-state index in [1.807, 2.05) is 13.8 Å². The number of nitrogens with zero attached hydrogens (tertiary/aromatic N) is 1. The van der Waals surface area contributed by atoms with E-state index in [0.717, 1.165) is 0 Å². The molecule has 12 N–H and O–H groups in total. The van der Waals surface area contributed by atoms with Crippen LogP contribution in [0.15, 0.2) is 35.3 Å². The molecule has 4 unspecified atom stereocenters. The molecule has 222 valence electrons. The number of hydrogen-bond acceptors (Lipinski definition) is 7. The van der Waals surface area contributed by atoms with Crippen LogP contribution in [-0.2, 0) is 30.4 Å². The average Bonchev–Trinajstić information content (AvgIpc) is 2.87. The highest BCUT2D eigenvalue weighted by Gasteiger charge is 2.31. The van der Waals surface area contributed by atoms with E-state index in [1.54, 1.807) is 30.3 Å². The van der Waals surface area contributed by atoms with Crippen LogP contribution in [-0.4, -0.2) is 71.4 Å². The van der Waals surface area contributed by atoms with E-state index in [4.69, 9.17) is 22.9 Å². The standard InChI is InChI=1S/C26H42N8O6/c1-15(2)13-19(33-22(36)17(27)9-6-12-31-26(29)30)24(38)32-18(10-11-21(28)35)23(37)34-20(25(39)40)14-16-7-4-3-5-8-16/h3-5,7-8,15,17-20H,6,9-14,27H2,1-2H3,(H2,28,35)(H,32,38)(H,33,36)(H,34,37)(H,39,40)(H4,29,30,31). The summed E-state index contributed by atoms with van der Waals surface area (Å²) in [6.07, 6.45) is 0.532. The van der Waals surface area contributed by atoms with Gasteiger partial charge in [0, 0.05) is 19.4 Å². The van der Waals surface area contributed by atoms with Crippen LogP contribution >= 0.6 is 0 Å². The third-order valence-corrected chi connectivity index (χ3v) is 5.85. The monoisotopic (exact) mass is 562 g/mol. The quantitative estimate of drug-likeness (QED) is 0.0585. The van der Waals surface area contributed by atoms with Crippen molar-refractivity contribution >= 4 is 35.6 Å². The molecule has 0 saturated carbocycles. The Kier molecular flexibility index (Phi) is 14.7. The molecule has 0 fully saturated rings. The number of carboxylic acids is 1. The zero-order chi connectivity index (χ0) is 30.2. The average molecular weight is 563 g/mol. The molecular formula is C26H42N8O6. The van der Waals surface area contributed by atoms with Crippen LogP contribution in [0.2, 0.25) is 0 Å². The van der Waals surface area contributed by atoms with Crippen molar-refractivity contribution in [2.75, 3.05) is 6.54 Å². The summed E-state index contributed by atoms with van der Waals surface area (Å²) in [6.45, 7) is 3.98. The van der Waals surface area contributed by atoms with E-state index >= 15 is 0 Å². The van der Waals surface area contributed by atoms with Gasteiger partial charge in [0.2, 0.25) is 23.6 Å². The Bertz CT molecular complexity index is 1030. The van der Waals surface area contributed by atoms with Crippen molar-refractivity contribution in [3.63, 3.8) is 0 Å². The number of aliphatic imine (C=N–C) groups is 1. The molecule has 14 heteroatoms. The van der Waals surface area contributed by atoms with Gasteiger partial charge in [0.15, 0.2) is 5.96 Å². The van der Waals surface area contributed by atoms with Crippen molar-refractivity contribution in [1.29, 1.82) is 0 Å². The molecule has 0 aliphatic carbocycles. The lowest BCUT2D eigenvalue weighted by Crippen LogP contribution is -2.57. The van der Waals surface area contributed by atoms with Gasteiger partial charge < -0.3 is 44.0 Å². The predicted octanol–water partition coefficient (Wildman–Crippen LogP) is -1.54. The second-order valence-electron chi connectivity index (χ2n) is 9.90. The Morgan fingerprint density at radius 3 is 1.98 bits per heavy atom. The van der Waals surface area contributed by atoms with Crippen molar-refractivity contribution in [3.8, 4) is 0 Å². The first-order valence-corrected chi connectivity index (χ1v) is 13.1. The Balaban J connectivity index is 2.98. The van der Waals surface area contributed by atoms with Crippen molar-refractivity contribution in [3.05, 3.63) is 35.9 Å². The number of carbonyl (C=O) groups is 5. The van der Waals surface area contributed by atoms with E-state index in [2.05, 4.69) is 20.9 Å². The SMILES string of the molecule is CC(C)CC(NC(=O)C(N)CCCN=C(N)N)C(=O)NC(CCC(N)=O)C(=O)NC(Cc1ccccc1)C(=O)O. The van der Waals surface area contributed by atoms with Gasteiger partial charge in [-0.1, -0.05) is 44.2 Å². The highest BCUT2D eigenvalue weighted by atomic mass is 16.4. The first kappa shape index (κ1) is 33.8. The van der Waals surface area contributed by atoms with Gasteiger partial charge >= 0.3 is 5.97 Å². The van der Waals surface area contributed by atoms with E-state index < -0.39 is 53.8 Å². The minimum absolute atomic E-state index is 0.00546. The molecule has 4 amide bonds. The number of guanidine groups is 1. The molecule has 0 bridgehead atoms. The normalized spacial score (nSPS) is 13.8. The number of primary amides is 1. The van der Waals surface area contributed by atoms with Gasteiger partial charge in [0.1, 0.15) is 18.1 Å². The third-order valence-electron chi connectivity index (χ3n) is 5.85. The van der Waals surface area contributed by atoms with Gasteiger partial charge in [-0.15, -0.1) is 0 Å². The number of carboxylic acid groups (broad SMARTS) is 1. The Hall–Kier alpha value is -4.20. The zero-order valence-corrected chi connectivity index (χ0v) is 23.0. The molecule has 4 atom stereocenters. The number of hydrogen-bond donors (Lipinski definition) is 8. The van der Waals surface area contributed by atoms with Crippen molar-refractivity contribution < 1.29 is 29.1 Å². The number of aliphatic carboxylic acids is 1. The summed E-state index contributed by atoms with van der Waals surface area (Å²) < 4.78 is 0. The molecule has 1 aromatic rings. The maximum absolute atomic E-state index is 13.2. The van der Waals surface area contributed by atoms with Gasteiger partial charge in [0.25, 0.3) is 0 Å². The maximum atomic E-state index is 13.2. The molecule has 0 spiro atoms. The van der Waals surface area contributed by atoms with Crippen molar-refractivity contribution in [2.45, 2.75) is 76.5 Å². The fraction of sp³-hybridized carbons (Fsp3) is 0.538. The van der Waals surface area contributed by atoms with Crippen LogP contribution < -0.4 is 38.9 Å². The van der Waals surface area contributed by atoms with E-state index in [9.17, 15) is 29.1 Å². The van der Waals surface area contributed by atoms with Crippen LogP contribution in [0.4, 0.5) is 0 Å². The lowest BCUT2D eigenvalue weighted by atomic mass is 10.0. The van der Waals surface area contributed by atoms with Gasteiger partial charge in [-0.25, -0.2) is 4.79 Å². The molecule has 1 rings (SSSR count). The number of amides is 4. The summed E-state index contributed by atoms with van der Waals surface area (Å²) in [5, 5.41) is 17.2. The highest BCUT2D eigenvalue weighted by Crippen LogP contribution is 2.09. The molecular weight excluding hydrogens is 520 g/mol. The second kappa shape index (κ2) is 17.4. The molecule has 0 aliphatic rings. The Morgan fingerprint density at radius 2 is 1.43 bits per heavy atom. The van der Waals surface area contributed by atoms with Gasteiger partial charge in [0.05, 0.1) is 6.04 Å². The van der Waals surface area contributed by atoms with E-state index in [-0.39, 0.29) is 50.5 Å². The molecule has 0 aliphatic heterocycles. The summed E-state index contributed by atoms with van der Waals surface area (Å²) in [4.78, 5) is 66.1. The van der Waals surface area contributed by atoms with Crippen molar-refractivity contribution in [2.24, 2.45) is 33.8 Å². The van der Waals surface area contributed by atoms with Crippen LogP contribution in [0, 0.1) is 5.92 Å². The number of benzene rings is 1. The molecule has 0 radical (unpaired) electrons. The largest absolute Gasteiger partial charge is 0.480 e. The molecule has 1 aromatic carbocycles. The lowest BCUT2D eigenvalue weighted by Gasteiger charge is -2.26. The maximum Gasteiger partial charge on any atom is 0.326 e. The number of nitrogens with two attached hydrogens (primary N) is 4. The van der Waals surface area contributed by atoms with Crippen LogP contribution in [0.5, 0.6) is 0 Å². The first-order chi connectivity index (χ1) is 18.8. The molecule has 40 heavy (non-hydrogen) atoms. The molecule has 0 heterocycles. The summed E-state index contributed by atoms with van der Waals surface area (Å²) in [6, 6.07) is 4.16. The predicted molar refractivity (Wildman–Crippen MR) is 149 cm³/mol. The Labute approximate surface area is 233 Å². The second-order valence-corrected chi connectivity index (χ2v) is 9.90. The minimum Gasteiger partial charge on any atom is -0.480 e. The third kappa shape index (κ3) is 13.6. The van der Waals surface area contributed by atoms with Gasteiger partial charge in [-0.2, -0.15) is 0 Å². The van der Waals surface area contributed by atoms with Crippen LogP contribution in [0.3, 0.4) is 0 Å². The van der Waals surface area contributed by atoms with Crippen LogP contribution in [0.1, 0.15) is 51.5 Å². The summed E-state index contributed by atoms with van der Waals surface area (Å²) in [5.41, 5.74) is 22.4. The van der Waals surface area contributed by atoms with Crippen LogP contribution in [0.25, 0.3) is 0 Å². The van der Waals surface area contributed by atoms with E-state index in [0.29, 0.717) is 12.0 Å². The topological polar surface area (TPSA) is 258 Å². The number of rotatable bonds is 18. The molecule has 14 nitrogen and oxygen atoms in total. The van der Waals surface area contributed by atoms with Gasteiger partial charge in [-0.05, 0) is 37.2 Å². The molecule has 0 aromatic heterocycles. The van der Waals surface area contributed by atoms with E-state index in [1.165, 1.54) is 0 Å². The minimum atomic E-state index is -1.29. The lowest BCUT2D eigenvalue weighted by molar-refractivity contribution is -0.142. The smallest absolute Gasteiger partial charge is 0.326 e. The Morgan fingerprint density at radius 1 is 0.850 bits per heavy atom. The number of carbonyl (C=O) groups excluding carboxylic acids is 4. The number of nitrogens with one attached hydrogen (secondary N) is 3. The summed E-state index contributed by atoms with van der Waals surface area (Å²) in [7, 11) is 0. The fourth-order valence-electron chi connectivity index (χ4n) is 3.78. The molecule has 0 saturated heterocycles.